The van der Waals surface area contributed by atoms with Crippen molar-refractivity contribution in [2.75, 3.05) is 19.8 Å². The second-order valence-corrected chi connectivity index (χ2v) is 9.90. The Kier molecular flexibility index (Phi) is 10.3. The van der Waals surface area contributed by atoms with Gasteiger partial charge in [0.05, 0.1) is 37.9 Å². The molecule has 228 valence electrons. The summed E-state index contributed by atoms with van der Waals surface area (Å²) in [5.74, 6) is -1.90. The number of ether oxygens (including phenoxy) is 5. The van der Waals surface area contributed by atoms with Crippen molar-refractivity contribution >= 4 is 5.97 Å². The largest absolute Gasteiger partial charge is 0.479 e. The highest BCUT2D eigenvalue weighted by atomic mass is 16.7. The first kappa shape index (κ1) is 32.3. The smallest absolute Gasteiger partial charge is 0.341 e. The summed E-state index contributed by atoms with van der Waals surface area (Å²) in [4.78, 5) is 11.9. The number of hydrogen-bond donors (Lipinski definition) is 12. The lowest BCUT2D eigenvalue weighted by molar-refractivity contribution is -0.372. The molecular formula is C21H39N3O15. The minimum absolute atomic E-state index is 0.312. The zero-order chi connectivity index (χ0) is 29.4. The van der Waals surface area contributed by atoms with E-state index >= 15 is 0 Å². The summed E-state index contributed by atoms with van der Waals surface area (Å²) in [5.41, 5.74) is 12.4. The van der Waals surface area contributed by atoms with Gasteiger partial charge >= 0.3 is 5.97 Å². The van der Waals surface area contributed by atoms with E-state index in [2.05, 4.69) is 0 Å². The zero-order valence-electron chi connectivity index (χ0n) is 21.0. The summed E-state index contributed by atoms with van der Waals surface area (Å²) in [6, 6.07) is -4.48. The van der Waals surface area contributed by atoms with Crippen molar-refractivity contribution in [2.24, 2.45) is 17.2 Å². The molecule has 0 aliphatic carbocycles. The van der Waals surface area contributed by atoms with Crippen LogP contribution in [0.15, 0.2) is 0 Å². The zero-order valence-corrected chi connectivity index (χ0v) is 21.0. The minimum atomic E-state index is -3.02. The first-order valence-electron chi connectivity index (χ1n) is 12.3. The maximum Gasteiger partial charge on any atom is 0.341 e. The average Bonchev–Trinajstić information content (AvgIpc) is 2.92. The molecule has 0 saturated carbocycles. The monoisotopic (exact) mass is 573 g/mol. The molecule has 0 aromatic heterocycles. The van der Waals surface area contributed by atoms with Gasteiger partial charge in [-0.2, -0.15) is 0 Å². The van der Waals surface area contributed by atoms with Gasteiger partial charge in [-0.15, -0.1) is 0 Å². The summed E-state index contributed by atoms with van der Waals surface area (Å²) in [5, 5.41) is 91.8. The molecule has 3 aliphatic heterocycles. The van der Waals surface area contributed by atoms with Gasteiger partial charge in [0.25, 0.3) is 0 Å². The van der Waals surface area contributed by atoms with Gasteiger partial charge in [-0.3, -0.25) is 0 Å². The van der Waals surface area contributed by atoms with Gasteiger partial charge in [-0.05, 0) is 6.42 Å². The molecule has 0 radical (unpaired) electrons. The lowest BCUT2D eigenvalue weighted by Crippen LogP contribution is -2.79. The third-order valence-electron chi connectivity index (χ3n) is 7.70. The molecule has 0 bridgehead atoms. The van der Waals surface area contributed by atoms with Crippen molar-refractivity contribution < 1.29 is 74.4 Å². The van der Waals surface area contributed by atoms with Crippen LogP contribution >= 0.6 is 0 Å². The van der Waals surface area contributed by atoms with Gasteiger partial charge < -0.3 is 86.8 Å². The number of rotatable bonds is 9. The molecule has 0 amide bonds. The van der Waals surface area contributed by atoms with E-state index in [0.29, 0.717) is 0 Å². The van der Waals surface area contributed by atoms with Crippen LogP contribution in [0.1, 0.15) is 13.3 Å². The Labute approximate surface area is 222 Å². The lowest BCUT2D eigenvalue weighted by atomic mass is 9.72. The minimum Gasteiger partial charge on any atom is -0.479 e. The number of carbonyl (C=O) groups is 1. The molecule has 39 heavy (non-hydrogen) atoms. The molecule has 18 heteroatoms. The maximum atomic E-state index is 11.9. The highest BCUT2D eigenvalue weighted by Gasteiger charge is 2.67. The van der Waals surface area contributed by atoms with Crippen LogP contribution in [0.4, 0.5) is 0 Å². The first-order chi connectivity index (χ1) is 18.2. The molecule has 15 atom stereocenters. The average molecular weight is 574 g/mol. The van der Waals surface area contributed by atoms with E-state index in [9.17, 15) is 50.8 Å². The van der Waals surface area contributed by atoms with Crippen LogP contribution in [-0.2, 0) is 28.5 Å². The quantitative estimate of drug-likeness (QED) is 0.122. The molecule has 2 unspecified atom stereocenters. The third-order valence-corrected chi connectivity index (χ3v) is 7.70. The third kappa shape index (κ3) is 5.42. The van der Waals surface area contributed by atoms with Crippen LogP contribution in [0.3, 0.4) is 0 Å². The van der Waals surface area contributed by atoms with Gasteiger partial charge in [-0.1, -0.05) is 6.92 Å². The Bertz CT molecular complexity index is 834. The Balaban J connectivity index is 1.81. The summed E-state index contributed by atoms with van der Waals surface area (Å²) in [6.07, 6.45) is -16.2. The molecule has 0 aromatic carbocycles. The fraction of sp³-hybridized carbons (Fsp3) is 0.952. The van der Waals surface area contributed by atoms with Crippen LogP contribution in [0, 0.1) is 0 Å². The molecule has 3 saturated heterocycles. The molecular weight excluding hydrogens is 534 g/mol. The molecule has 3 heterocycles. The fourth-order valence-electron chi connectivity index (χ4n) is 5.11. The van der Waals surface area contributed by atoms with E-state index in [-0.39, 0.29) is 6.42 Å². The maximum absolute atomic E-state index is 11.9. The van der Waals surface area contributed by atoms with Gasteiger partial charge in [0, 0.05) is 0 Å². The Hall–Kier alpha value is -1.17. The number of hydrogen-bond acceptors (Lipinski definition) is 17. The SMILES string of the molecule is CC[C@]1(CO)O[C@H](OC2[C@@H](CO)O[C@@H](OC3[C@@H](CO)O[C@@H](O)[C@H](N)[C@H]3O)[C@H](N)[C@H]2O)[C@H](N)[C@@H](O)[C@@]1(O)C(=O)O. The van der Waals surface area contributed by atoms with Crippen LogP contribution in [-0.4, -0.2) is 163 Å². The predicted octanol–water partition coefficient (Wildman–Crippen LogP) is -7.44. The number of nitrogens with two attached hydrogens (primary N) is 3. The van der Waals surface area contributed by atoms with E-state index in [1.54, 1.807) is 0 Å². The molecule has 0 spiro atoms. The summed E-state index contributed by atoms with van der Waals surface area (Å²) >= 11 is 0. The van der Waals surface area contributed by atoms with Crippen molar-refractivity contribution in [1.29, 1.82) is 0 Å². The number of carboxylic acids is 1. The molecule has 3 fully saturated rings. The Morgan fingerprint density at radius 3 is 1.85 bits per heavy atom. The van der Waals surface area contributed by atoms with E-state index in [1.807, 2.05) is 0 Å². The first-order valence-corrected chi connectivity index (χ1v) is 12.3. The van der Waals surface area contributed by atoms with Gasteiger partial charge in [-0.25, -0.2) is 4.79 Å². The van der Waals surface area contributed by atoms with E-state index in [0.717, 1.165) is 0 Å². The van der Waals surface area contributed by atoms with Crippen molar-refractivity contribution in [3.05, 3.63) is 0 Å². The number of carboxylic acid groups (broad SMARTS) is 1. The van der Waals surface area contributed by atoms with Crippen molar-refractivity contribution in [3.63, 3.8) is 0 Å². The van der Waals surface area contributed by atoms with Gasteiger partial charge in [0.1, 0.15) is 48.3 Å². The number of aliphatic hydroxyl groups is 8. The van der Waals surface area contributed by atoms with E-state index in [4.69, 9.17) is 40.9 Å². The molecule has 15 N–H and O–H groups in total. The van der Waals surface area contributed by atoms with Crippen molar-refractivity contribution in [2.45, 2.75) is 104 Å². The topological polar surface area (TPSA) is 323 Å². The van der Waals surface area contributed by atoms with Gasteiger partial charge in [0.2, 0.25) is 5.60 Å². The molecule has 3 rings (SSSR count). The fourth-order valence-corrected chi connectivity index (χ4v) is 5.11. The molecule has 0 aromatic rings. The lowest BCUT2D eigenvalue weighted by Gasteiger charge is -2.54. The van der Waals surface area contributed by atoms with E-state index < -0.39 is 117 Å². The Morgan fingerprint density at radius 1 is 0.846 bits per heavy atom. The summed E-state index contributed by atoms with van der Waals surface area (Å²) in [6.45, 7) is -1.18. The normalized spacial score (nSPS) is 51.0. The second-order valence-electron chi connectivity index (χ2n) is 9.90. The second kappa shape index (κ2) is 12.4. The highest BCUT2D eigenvalue weighted by molar-refractivity contribution is 5.80. The number of aliphatic carboxylic acids is 1. The summed E-state index contributed by atoms with van der Waals surface area (Å²) in [7, 11) is 0. The van der Waals surface area contributed by atoms with Crippen LogP contribution in [0.25, 0.3) is 0 Å². The van der Waals surface area contributed by atoms with Crippen LogP contribution < -0.4 is 17.2 Å². The number of aliphatic hydroxyl groups excluding tert-OH is 7. The standard InChI is InChI=1S/C21H39N3O15/c1-2-20(5-27)21(34,19(32)33)15(30)10(24)18(39-20)38-14-7(4-26)36-17(9(23)12(14)29)37-13-6(3-25)35-16(31)8(22)11(13)28/h6-18,25-31,34H,2-5,22-24H2,1H3,(H,32,33)/t6-,7-,8-,9-,10-,11-,12-,13?,14?,15-,16-,17+,18+,20-,21-/m1/s1. The Morgan fingerprint density at radius 2 is 1.36 bits per heavy atom. The van der Waals surface area contributed by atoms with Crippen LogP contribution in [0.5, 0.6) is 0 Å². The van der Waals surface area contributed by atoms with Crippen LogP contribution in [0.2, 0.25) is 0 Å². The van der Waals surface area contributed by atoms with E-state index in [1.165, 1.54) is 6.92 Å². The predicted molar refractivity (Wildman–Crippen MR) is 123 cm³/mol. The molecule has 3 aliphatic rings. The van der Waals surface area contributed by atoms with Crippen molar-refractivity contribution in [1.82, 2.24) is 0 Å². The highest BCUT2D eigenvalue weighted by Crippen LogP contribution is 2.41. The van der Waals surface area contributed by atoms with Crippen molar-refractivity contribution in [3.8, 4) is 0 Å². The van der Waals surface area contributed by atoms with Gasteiger partial charge in [0.15, 0.2) is 18.9 Å². The summed E-state index contributed by atoms with van der Waals surface area (Å²) < 4.78 is 27.7. The molecule has 18 nitrogen and oxygen atoms in total.